The zero-order valence-electron chi connectivity index (χ0n) is 18.8. The molecule has 1 amide bonds. The molecule has 0 saturated heterocycles. The predicted molar refractivity (Wildman–Crippen MR) is 129 cm³/mol. The third-order valence-corrected chi connectivity index (χ3v) is 4.81. The molecule has 0 saturated carbocycles. The number of ether oxygens (including phenoxy) is 2. The third-order valence-electron chi connectivity index (χ3n) is 4.81. The molecular weight excluding hydrogens is 400 g/mol. The van der Waals surface area contributed by atoms with Crippen molar-refractivity contribution >= 4 is 11.6 Å². The van der Waals surface area contributed by atoms with E-state index in [0.29, 0.717) is 13.2 Å². The van der Waals surface area contributed by atoms with E-state index in [0.717, 1.165) is 35.6 Å². The van der Waals surface area contributed by atoms with E-state index in [4.69, 9.17) is 9.47 Å². The molecule has 3 aromatic carbocycles. The fourth-order valence-corrected chi connectivity index (χ4v) is 3.18. The van der Waals surface area contributed by atoms with Gasteiger partial charge in [0.25, 0.3) is 0 Å². The molecule has 0 atom stereocenters. The molecule has 0 aliphatic carbocycles. The van der Waals surface area contributed by atoms with Crippen molar-refractivity contribution < 1.29 is 14.3 Å². The number of aryl methyl sites for hydroxylation is 1. The van der Waals surface area contributed by atoms with E-state index >= 15 is 0 Å². The average molecular weight is 433 g/mol. The number of hydrogen-bond donors (Lipinski definition) is 2. The Hall–Kier alpha value is -3.47. The lowest BCUT2D eigenvalue weighted by Crippen LogP contribution is -2.29. The summed E-state index contributed by atoms with van der Waals surface area (Å²) in [5.74, 6) is 1.60. The van der Waals surface area contributed by atoms with Gasteiger partial charge in [-0.2, -0.15) is 0 Å². The Labute approximate surface area is 190 Å². The van der Waals surface area contributed by atoms with Gasteiger partial charge in [0.15, 0.2) is 0 Å². The van der Waals surface area contributed by atoms with Gasteiger partial charge in [0.2, 0.25) is 5.91 Å². The lowest BCUT2D eigenvalue weighted by Gasteiger charge is -2.11. The van der Waals surface area contributed by atoms with Gasteiger partial charge in [0.1, 0.15) is 11.5 Å². The Kier molecular flexibility index (Phi) is 8.99. The van der Waals surface area contributed by atoms with Crippen LogP contribution in [0.4, 0.5) is 5.69 Å². The van der Waals surface area contributed by atoms with Crippen LogP contribution in [-0.4, -0.2) is 25.2 Å². The molecule has 0 unspecified atom stereocenters. The number of benzene rings is 3. The van der Waals surface area contributed by atoms with E-state index in [1.165, 1.54) is 5.56 Å². The lowest BCUT2D eigenvalue weighted by molar-refractivity contribution is -0.119. The van der Waals surface area contributed by atoms with Gasteiger partial charge in [-0.05, 0) is 74.2 Å². The maximum atomic E-state index is 12.1. The Bertz CT molecular complexity index is 939. The molecule has 5 nitrogen and oxygen atoms in total. The van der Waals surface area contributed by atoms with Gasteiger partial charge in [0.05, 0.1) is 19.3 Å². The van der Waals surface area contributed by atoms with Crippen molar-refractivity contribution in [1.29, 1.82) is 0 Å². The van der Waals surface area contributed by atoms with Crippen molar-refractivity contribution in [3.8, 4) is 11.5 Å². The summed E-state index contributed by atoms with van der Waals surface area (Å²) in [5.41, 5.74) is 3.24. The summed E-state index contributed by atoms with van der Waals surface area (Å²) in [6.07, 6.45) is 2.12. The number of amides is 1. The summed E-state index contributed by atoms with van der Waals surface area (Å²) in [4.78, 5) is 12.1. The van der Waals surface area contributed by atoms with Crippen LogP contribution in [0.3, 0.4) is 0 Å². The van der Waals surface area contributed by atoms with E-state index in [9.17, 15) is 4.79 Å². The first kappa shape index (κ1) is 23.2. The fraction of sp³-hybridized carbons (Fsp3) is 0.296. The minimum Gasteiger partial charge on any atom is -0.494 e. The second-order valence-electron chi connectivity index (χ2n) is 7.90. The van der Waals surface area contributed by atoms with Gasteiger partial charge in [-0.25, -0.2) is 0 Å². The first-order valence-corrected chi connectivity index (χ1v) is 11.1. The fourth-order valence-electron chi connectivity index (χ4n) is 3.18. The first-order valence-electron chi connectivity index (χ1n) is 11.1. The van der Waals surface area contributed by atoms with Gasteiger partial charge in [0, 0.05) is 12.2 Å². The topological polar surface area (TPSA) is 59.6 Å². The average Bonchev–Trinajstić information content (AvgIpc) is 2.81. The van der Waals surface area contributed by atoms with Crippen molar-refractivity contribution in [2.24, 2.45) is 0 Å². The molecule has 0 heterocycles. The summed E-state index contributed by atoms with van der Waals surface area (Å²) in [6, 6.07) is 25.9. The molecule has 0 aliphatic rings. The quantitative estimate of drug-likeness (QED) is 0.386. The van der Waals surface area contributed by atoms with Gasteiger partial charge in [-0.3, -0.25) is 4.79 Å². The molecule has 0 bridgehead atoms. The Morgan fingerprint density at radius 2 is 1.53 bits per heavy atom. The van der Waals surface area contributed by atoms with E-state index < -0.39 is 0 Å². The van der Waals surface area contributed by atoms with E-state index in [1.807, 2.05) is 68.4 Å². The highest BCUT2D eigenvalue weighted by molar-refractivity contribution is 5.80. The number of nitrogens with one attached hydrogen (secondary N) is 2. The minimum atomic E-state index is -0.0613. The largest absolute Gasteiger partial charge is 0.494 e. The van der Waals surface area contributed by atoms with Crippen molar-refractivity contribution in [2.75, 3.05) is 18.5 Å². The normalized spacial score (nSPS) is 10.6. The second-order valence-corrected chi connectivity index (χ2v) is 7.90. The zero-order chi connectivity index (χ0) is 22.6. The Balaban J connectivity index is 1.32. The summed E-state index contributed by atoms with van der Waals surface area (Å²) in [5, 5.41) is 6.06. The molecule has 0 radical (unpaired) electrons. The maximum Gasteiger partial charge on any atom is 0.239 e. The number of anilines is 1. The molecule has 32 heavy (non-hydrogen) atoms. The molecule has 168 valence electrons. The molecule has 5 heteroatoms. The van der Waals surface area contributed by atoms with E-state index in [2.05, 4.69) is 34.9 Å². The standard InChI is InChI=1S/C27H32N2O3/c1-21(2)32-26-14-10-23(11-15-26)19-29-27(30)20-28-24-12-16-25(17-13-24)31-18-6-9-22-7-4-3-5-8-22/h3-5,7-8,10-17,21,28H,6,9,18-20H2,1-2H3,(H,29,30). The molecule has 0 aliphatic heterocycles. The van der Waals surface area contributed by atoms with Gasteiger partial charge >= 0.3 is 0 Å². The Morgan fingerprint density at radius 3 is 2.22 bits per heavy atom. The highest BCUT2D eigenvalue weighted by Crippen LogP contribution is 2.16. The zero-order valence-corrected chi connectivity index (χ0v) is 18.8. The van der Waals surface area contributed by atoms with Crippen LogP contribution in [-0.2, 0) is 17.8 Å². The monoisotopic (exact) mass is 432 g/mol. The van der Waals surface area contributed by atoms with Crippen LogP contribution >= 0.6 is 0 Å². The highest BCUT2D eigenvalue weighted by Gasteiger charge is 2.03. The van der Waals surface area contributed by atoms with Crippen LogP contribution in [0.2, 0.25) is 0 Å². The van der Waals surface area contributed by atoms with Crippen LogP contribution in [0.5, 0.6) is 11.5 Å². The maximum absolute atomic E-state index is 12.1. The number of carbonyl (C=O) groups is 1. The summed E-state index contributed by atoms with van der Waals surface area (Å²) < 4.78 is 11.4. The number of carbonyl (C=O) groups excluding carboxylic acids is 1. The minimum absolute atomic E-state index is 0.0613. The summed E-state index contributed by atoms with van der Waals surface area (Å²) in [7, 11) is 0. The van der Waals surface area contributed by atoms with Gasteiger partial charge < -0.3 is 20.1 Å². The lowest BCUT2D eigenvalue weighted by atomic mass is 10.1. The van der Waals surface area contributed by atoms with E-state index in [-0.39, 0.29) is 18.6 Å². The van der Waals surface area contributed by atoms with Gasteiger partial charge in [-0.15, -0.1) is 0 Å². The van der Waals surface area contributed by atoms with Crippen LogP contribution < -0.4 is 20.1 Å². The molecule has 0 spiro atoms. The molecule has 0 fully saturated rings. The molecule has 0 aromatic heterocycles. The second kappa shape index (κ2) is 12.4. The van der Waals surface area contributed by atoms with Crippen molar-refractivity contribution in [1.82, 2.24) is 5.32 Å². The van der Waals surface area contributed by atoms with Crippen molar-refractivity contribution in [3.63, 3.8) is 0 Å². The molecule has 3 aromatic rings. The third kappa shape index (κ3) is 8.34. The van der Waals surface area contributed by atoms with Crippen LogP contribution in [0.25, 0.3) is 0 Å². The molecular formula is C27H32N2O3. The first-order chi connectivity index (χ1) is 15.6. The number of rotatable bonds is 12. The van der Waals surface area contributed by atoms with Gasteiger partial charge in [-0.1, -0.05) is 42.5 Å². The smallest absolute Gasteiger partial charge is 0.239 e. The van der Waals surface area contributed by atoms with Crippen LogP contribution in [0.1, 0.15) is 31.4 Å². The van der Waals surface area contributed by atoms with Crippen molar-refractivity contribution in [3.05, 3.63) is 90.0 Å². The number of hydrogen-bond acceptors (Lipinski definition) is 4. The molecule has 2 N–H and O–H groups in total. The van der Waals surface area contributed by atoms with Crippen molar-refractivity contribution in [2.45, 2.75) is 39.3 Å². The summed E-state index contributed by atoms with van der Waals surface area (Å²) in [6.45, 7) is 5.36. The van der Waals surface area contributed by atoms with Crippen LogP contribution in [0.15, 0.2) is 78.9 Å². The predicted octanol–water partition coefficient (Wildman–Crippen LogP) is 5.21. The Morgan fingerprint density at radius 1 is 0.844 bits per heavy atom. The van der Waals surface area contributed by atoms with E-state index in [1.54, 1.807) is 0 Å². The molecule has 3 rings (SSSR count). The summed E-state index contributed by atoms with van der Waals surface area (Å²) >= 11 is 0. The highest BCUT2D eigenvalue weighted by atomic mass is 16.5. The van der Waals surface area contributed by atoms with Crippen LogP contribution in [0, 0.1) is 0 Å². The SMILES string of the molecule is CC(C)Oc1ccc(CNC(=O)CNc2ccc(OCCCc3ccccc3)cc2)cc1.